The van der Waals surface area contributed by atoms with Crippen molar-refractivity contribution in [3.63, 3.8) is 0 Å². The van der Waals surface area contributed by atoms with Crippen LogP contribution >= 0.6 is 0 Å². The number of hydrogen-bond donors (Lipinski definition) is 2. The van der Waals surface area contributed by atoms with Crippen molar-refractivity contribution in [1.29, 1.82) is 0 Å². The maximum absolute atomic E-state index is 9.17. The third-order valence-corrected chi connectivity index (χ3v) is 2.23. The van der Waals surface area contributed by atoms with Crippen LogP contribution in [0.25, 0.3) is 0 Å². The van der Waals surface area contributed by atoms with E-state index in [9.17, 15) is 0 Å². The minimum Gasteiger partial charge on any atom is -0.391 e. The minimum atomic E-state index is -0.420. The molecule has 4 heteroatoms. The van der Waals surface area contributed by atoms with Crippen LogP contribution in [0.1, 0.15) is 13.8 Å². The summed E-state index contributed by atoms with van der Waals surface area (Å²) in [6.45, 7) is 6.65. The molecule has 4 nitrogen and oxygen atoms in total. The van der Waals surface area contributed by atoms with Crippen molar-refractivity contribution in [1.82, 2.24) is 5.32 Å². The Balaban J connectivity index is 2.10. The highest BCUT2D eigenvalue weighted by Crippen LogP contribution is 2.02. The number of aliphatic hydroxyl groups excluding tert-OH is 1. The van der Waals surface area contributed by atoms with E-state index in [0.29, 0.717) is 6.61 Å². The molecule has 1 aliphatic heterocycles. The van der Waals surface area contributed by atoms with E-state index < -0.39 is 6.10 Å². The van der Waals surface area contributed by atoms with E-state index >= 15 is 0 Å². The van der Waals surface area contributed by atoms with Gasteiger partial charge in [0.1, 0.15) is 0 Å². The Morgan fingerprint density at radius 1 is 1.62 bits per heavy atom. The van der Waals surface area contributed by atoms with E-state index in [1.54, 1.807) is 6.92 Å². The molecule has 0 aliphatic carbocycles. The summed E-state index contributed by atoms with van der Waals surface area (Å²) >= 11 is 0. The Labute approximate surface area is 79.2 Å². The zero-order valence-corrected chi connectivity index (χ0v) is 8.32. The van der Waals surface area contributed by atoms with Crippen molar-refractivity contribution < 1.29 is 14.6 Å². The Bertz CT molecular complexity index is 135. The number of rotatable bonds is 4. The molecule has 0 radical (unpaired) electrons. The topological polar surface area (TPSA) is 50.7 Å². The van der Waals surface area contributed by atoms with E-state index in [2.05, 4.69) is 5.32 Å². The van der Waals surface area contributed by atoms with Crippen molar-refractivity contribution >= 4 is 0 Å². The quantitative estimate of drug-likeness (QED) is 0.641. The third kappa shape index (κ3) is 4.04. The maximum Gasteiger partial charge on any atom is 0.0933 e. The van der Waals surface area contributed by atoms with Gasteiger partial charge in [-0.3, -0.25) is 0 Å². The second-order valence-electron chi connectivity index (χ2n) is 3.48. The SMILES string of the molecule is CC(O)C(C)OCC1CNCCO1. The first-order valence-electron chi connectivity index (χ1n) is 4.82. The predicted octanol–water partition coefficient (Wildman–Crippen LogP) is -0.239. The summed E-state index contributed by atoms with van der Waals surface area (Å²) < 4.78 is 10.9. The van der Waals surface area contributed by atoms with Crippen LogP contribution < -0.4 is 5.32 Å². The largest absolute Gasteiger partial charge is 0.391 e. The lowest BCUT2D eigenvalue weighted by Crippen LogP contribution is -2.42. The van der Waals surface area contributed by atoms with Crippen molar-refractivity contribution in [2.75, 3.05) is 26.3 Å². The Hall–Kier alpha value is -0.160. The van der Waals surface area contributed by atoms with Crippen molar-refractivity contribution in [2.45, 2.75) is 32.2 Å². The predicted molar refractivity (Wildman–Crippen MR) is 49.7 cm³/mol. The average molecular weight is 189 g/mol. The molecule has 0 amide bonds. The molecular formula is C9H19NO3. The fourth-order valence-corrected chi connectivity index (χ4v) is 1.13. The molecule has 2 N–H and O–H groups in total. The molecule has 1 rings (SSSR count). The monoisotopic (exact) mass is 189 g/mol. The van der Waals surface area contributed by atoms with Crippen LogP contribution in [-0.4, -0.2) is 49.7 Å². The molecule has 3 unspecified atom stereocenters. The number of morpholine rings is 1. The molecule has 0 spiro atoms. The van der Waals surface area contributed by atoms with Crippen LogP contribution in [0, 0.1) is 0 Å². The van der Waals surface area contributed by atoms with Crippen LogP contribution in [0.2, 0.25) is 0 Å². The van der Waals surface area contributed by atoms with Gasteiger partial charge in [0.15, 0.2) is 0 Å². The molecular weight excluding hydrogens is 170 g/mol. The normalized spacial score (nSPS) is 28.4. The standard InChI is InChI=1S/C9H19NO3/c1-7(11)8(2)13-6-9-5-10-3-4-12-9/h7-11H,3-6H2,1-2H3. The molecule has 0 bridgehead atoms. The summed E-state index contributed by atoms with van der Waals surface area (Å²) in [5, 5.41) is 12.4. The first-order chi connectivity index (χ1) is 6.20. The van der Waals surface area contributed by atoms with E-state index in [1.165, 1.54) is 0 Å². The lowest BCUT2D eigenvalue weighted by Gasteiger charge is -2.25. The van der Waals surface area contributed by atoms with E-state index in [4.69, 9.17) is 14.6 Å². The zero-order valence-electron chi connectivity index (χ0n) is 8.32. The van der Waals surface area contributed by atoms with Gasteiger partial charge in [-0.05, 0) is 13.8 Å². The van der Waals surface area contributed by atoms with Gasteiger partial charge in [0, 0.05) is 13.1 Å². The molecule has 0 aromatic carbocycles. The van der Waals surface area contributed by atoms with E-state index in [1.807, 2.05) is 6.92 Å². The molecule has 13 heavy (non-hydrogen) atoms. The summed E-state index contributed by atoms with van der Waals surface area (Å²) in [5.74, 6) is 0. The molecule has 1 saturated heterocycles. The molecule has 78 valence electrons. The summed E-state index contributed by atoms with van der Waals surface area (Å²) in [7, 11) is 0. The second kappa shape index (κ2) is 5.54. The number of hydrogen-bond acceptors (Lipinski definition) is 4. The van der Waals surface area contributed by atoms with Gasteiger partial charge < -0.3 is 19.9 Å². The zero-order chi connectivity index (χ0) is 9.68. The minimum absolute atomic E-state index is 0.120. The van der Waals surface area contributed by atoms with E-state index in [-0.39, 0.29) is 12.2 Å². The van der Waals surface area contributed by atoms with Crippen molar-refractivity contribution in [3.05, 3.63) is 0 Å². The van der Waals surface area contributed by atoms with Crippen LogP contribution in [0.3, 0.4) is 0 Å². The summed E-state index contributed by atoms with van der Waals surface area (Å²) in [6.07, 6.45) is -0.406. The van der Waals surface area contributed by atoms with Gasteiger partial charge in [-0.1, -0.05) is 0 Å². The van der Waals surface area contributed by atoms with Crippen molar-refractivity contribution in [2.24, 2.45) is 0 Å². The average Bonchev–Trinajstić information content (AvgIpc) is 2.15. The smallest absolute Gasteiger partial charge is 0.0933 e. The van der Waals surface area contributed by atoms with Gasteiger partial charge in [0.2, 0.25) is 0 Å². The highest BCUT2D eigenvalue weighted by atomic mass is 16.5. The Morgan fingerprint density at radius 2 is 2.38 bits per heavy atom. The maximum atomic E-state index is 9.17. The summed E-state index contributed by atoms with van der Waals surface area (Å²) in [6, 6.07) is 0. The fourth-order valence-electron chi connectivity index (χ4n) is 1.13. The van der Waals surface area contributed by atoms with Crippen LogP contribution in [0.5, 0.6) is 0 Å². The van der Waals surface area contributed by atoms with Gasteiger partial charge in [-0.25, -0.2) is 0 Å². The first kappa shape index (κ1) is 10.9. The molecule has 3 atom stereocenters. The van der Waals surface area contributed by atoms with Crippen molar-refractivity contribution in [3.8, 4) is 0 Å². The lowest BCUT2D eigenvalue weighted by atomic mass is 10.2. The Kier molecular flexibility index (Phi) is 4.66. The molecule has 0 saturated carbocycles. The molecule has 1 heterocycles. The lowest BCUT2D eigenvalue weighted by molar-refractivity contribution is -0.0786. The van der Waals surface area contributed by atoms with Gasteiger partial charge in [-0.15, -0.1) is 0 Å². The number of nitrogens with one attached hydrogen (secondary N) is 1. The molecule has 0 aromatic heterocycles. The highest BCUT2D eigenvalue weighted by molar-refractivity contribution is 4.67. The summed E-state index contributed by atoms with van der Waals surface area (Å²) in [4.78, 5) is 0. The van der Waals surface area contributed by atoms with Gasteiger partial charge in [0.05, 0.1) is 31.5 Å². The van der Waals surface area contributed by atoms with Gasteiger partial charge in [0.25, 0.3) is 0 Å². The molecule has 1 fully saturated rings. The highest BCUT2D eigenvalue weighted by Gasteiger charge is 2.16. The number of aliphatic hydroxyl groups is 1. The third-order valence-electron chi connectivity index (χ3n) is 2.23. The Morgan fingerprint density at radius 3 is 2.92 bits per heavy atom. The van der Waals surface area contributed by atoms with Crippen LogP contribution in [-0.2, 0) is 9.47 Å². The number of ether oxygens (including phenoxy) is 2. The first-order valence-corrected chi connectivity index (χ1v) is 4.82. The van der Waals surface area contributed by atoms with Gasteiger partial charge >= 0.3 is 0 Å². The fraction of sp³-hybridized carbons (Fsp3) is 1.00. The van der Waals surface area contributed by atoms with Crippen LogP contribution in [0.15, 0.2) is 0 Å². The second-order valence-corrected chi connectivity index (χ2v) is 3.48. The molecule has 1 aliphatic rings. The summed E-state index contributed by atoms with van der Waals surface area (Å²) in [5.41, 5.74) is 0. The van der Waals surface area contributed by atoms with E-state index in [0.717, 1.165) is 19.7 Å². The molecule has 0 aromatic rings. The van der Waals surface area contributed by atoms with Crippen LogP contribution in [0.4, 0.5) is 0 Å². The van der Waals surface area contributed by atoms with Gasteiger partial charge in [-0.2, -0.15) is 0 Å².